The summed E-state index contributed by atoms with van der Waals surface area (Å²) in [4.78, 5) is 14.6. The number of benzene rings is 2. The molecule has 0 aliphatic carbocycles. The molecule has 2 N–H and O–H groups in total. The average Bonchev–Trinajstić information content (AvgIpc) is 2.61. The van der Waals surface area contributed by atoms with Crippen molar-refractivity contribution < 1.29 is 26.4 Å². The summed E-state index contributed by atoms with van der Waals surface area (Å²) < 4.78 is 54.2. The number of rotatable bonds is 8. The molecule has 0 aliphatic rings. The van der Waals surface area contributed by atoms with Gasteiger partial charge in [-0.2, -0.15) is 0 Å². The second-order valence-electron chi connectivity index (χ2n) is 5.20. The Morgan fingerprint density at radius 2 is 1.50 bits per heavy atom. The van der Waals surface area contributed by atoms with Crippen LogP contribution in [0.15, 0.2) is 58.3 Å². The van der Waals surface area contributed by atoms with E-state index in [1.54, 1.807) is 6.92 Å². The van der Waals surface area contributed by atoms with Gasteiger partial charge in [0, 0.05) is 5.56 Å². The lowest BCUT2D eigenvalue weighted by molar-refractivity contribution is 0.101. The van der Waals surface area contributed by atoms with Crippen molar-refractivity contribution in [2.24, 2.45) is 0 Å². The molecule has 0 heterocycles. The Morgan fingerprint density at radius 1 is 0.923 bits per heavy atom. The van der Waals surface area contributed by atoms with Gasteiger partial charge < -0.3 is 4.74 Å². The molecule has 2 rings (SSSR count). The largest absolute Gasteiger partial charge is 0.494 e. The van der Waals surface area contributed by atoms with Crippen LogP contribution in [0.1, 0.15) is 24.2 Å². The molecule has 0 spiro atoms. The van der Waals surface area contributed by atoms with E-state index in [-0.39, 0.29) is 21.1 Å². The predicted octanol–water partition coefficient (Wildman–Crippen LogP) is 1.46. The molecule has 0 atom stereocenters. The van der Waals surface area contributed by atoms with Crippen molar-refractivity contribution in [2.45, 2.75) is 23.6 Å². The van der Waals surface area contributed by atoms with Crippen LogP contribution >= 0.6 is 0 Å². The van der Waals surface area contributed by atoms with E-state index < -0.39 is 20.0 Å². The second kappa shape index (κ2) is 7.96. The fourth-order valence-corrected chi connectivity index (χ4v) is 4.14. The summed E-state index contributed by atoms with van der Waals surface area (Å²) in [6, 6.07) is 10.8. The zero-order valence-corrected chi connectivity index (χ0v) is 15.7. The Bertz CT molecular complexity index is 999. The zero-order valence-electron chi connectivity index (χ0n) is 14.1. The molecule has 10 heteroatoms. The normalized spacial score (nSPS) is 11.9. The minimum atomic E-state index is -4.19. The number of ketones is 1. The SMILES string of the molecule is CCOc1ccc(S(=O)(=O)NNS(=O)(=O)c2cccc(C(C)=O)c2)cc1. The molecule has 0 amide bonds. The molecule has 0 bridgehead atoms. The first-order chi connectivity index (χ1) is 12.2. The third kappa shape index (κ3) is 4.88. The quantitative estimate of drug-likeness (QED) is 0.513. The Labute approximate surface area is 152 Å². The van der Waals surface area contributed by atoms with Crippen LogP contribution in [-0.2, 0) is 20.0 Å². The number of hydrogen-bond donors (Lipinski definition) is 2. The standard InChI is InChI=1S/C16H18N2O6S2/c1-3-24-14-7-9-15(10-8-14)25(20,21)17-18-26(22,23)16-6-4-5-13(11-16)12(2)19/h4-11,17-18H,3H2,1-2H3. The summed E-state index contributed by atoms with van der Waals surface area (Å²) in [6.45, 7) is 3.53. The van der Waals surface area contributed by atoms with Crippen LogP contribution in [0.25, 0.3) is 0 Å². The first-order valence-electron chi connectivity index (χ1n) is 7.53. The van der Waals surface area contributed by atoms with Crippen molar-refractivity contribution >= 4 is 25.8 Å². The molecule has 2 aromatic carbocycles. The lowest BCUT2D eigenvalue weighted by Gasteiger charge is -2.10. The van der Waals surface area contributed by atoms with Crippen LogP contribution in [0.4, 0.5) is 0 Å². The lowest BCUT2D eigenvalue weighted by Crippen LogP contribution is -2.41. The summed E-state index contributed by atoms with van der Waals surface area (Å²) >= 11 is 0. The van der Waals surface area contributed by atoms with Gasteiger partial charge in [-0.05, 0) is 50.2 Å². The van der Waals surface area contributed by atoms with Crippen LogP contribution in [-0.4, -0.2) is 29.2 Å². The van der Waals surface area contributed by atoms with Gasteiger partial charge in [-0.3, -0.25) is 4.79 Å². The Balaban J connectivity index is 2.17. The van der Waals surface area contributed by atoms with Gasteiger partial charge >= 0.3 is 0 Å². The second-order valence-corrected chi connectivity index (χ2v) is 8.56. The monoisotopic (exact) mass is 398 g/mol. The number of nitrogens with one attached hydrogen (secondary N) is 2. The van der Waals surface area contributed by atoms with Gasteiger partial charge in [0.15, 0.2) is 5.78 Å². The van der Waals surface area contributed by atoms with Crippen molar-refractivity contribution in [2.75, 3.05) is 6.61 Å². The lowest BCUT2D eigenvalue weighted by atomic mass is 10.2. The molecular formula is C16H18N2O6S2. The van der Waals surface area contributed by atoms with Crippen LogP contribution < -0.4 is 14.4 Å². The third-order valence-corrected chi connectivity index (χ3v) is 5.94. The Morgan fingerprint density at radius 3 is 2.04 bits per heavy atom. The molecule has 0 radical (unpaired) electrons. The van der Waals surface area contributed by atoms with E-state index in [9.17, 15) is 21.6 Å². The van der Waals surface area contributed by atoms with Gasteiger partial charge in [0.1, 0.15) is 5.75 Å². The number of hydrazine groups is 1. The Hall–Kier alpha value is -2.27. The molecular weight excluding hydrogens is 380 g/mol. The van der Waals surface area contributed by atoms with E-state index >= 15 is 0 Å². The number of hydrogen-bond acceptors (Lipinski definition) is 6. The number of carbonyl (C=O) groups excluding carboxylic acids is 1. The maximum atomic E-state index is 12.3. The predicted molar refractivity (Wildman–Crippen MR) is 94.7 cm³/mol. The van der Waals surface area contributed by atoms with Gasteiger partial charge in [-0.25, -0.2) is 16.8 Å². The summed E-state index contributed by atoms with van der Waals surface area (Å²) in [7, 11) is -8.31. The topological polar surface area (TPSA) is 119 Å². The molecule has 8 nitrogen and oxygen atoms in total. The molecule has 0 saturated heterocycles. The Kier molecular flexibility index (Phi) is 6.13. The molecule has 140 valence electrons. The van der Waals surface area contributed by atoms with Crippen molar-refractivity contribution in [3.05, 3.63) is 54.1 Å². The van der Waals surface area contributed by atoms with E-state index in [4.69, 9.17) is 4.74 Å². The highest BCUT2D eigenvalue weighted by Gasteiger charge is 2.20. The third-order valence-electron chi connectivity index (χ3n) is 3.31. The molecule has 0 fully saturated rings. The average molecular weight is 398 g/mol. The van der Waals surface area contributed by atoms with E-state index in [1.807, 2.05) is 9.66 Å². The molecule has 0 aliphatic heterocycles. The van der Waals surface area contributed by atoms with Crippen molar-refractivity contribution in [1.29, 1.82) is 0 Å². The summed E-state index contributed by atoms with van der Waals surface area (Å²) in [5.74, 6) is 0.185. The van der Waals surface area contributed by atoms with Crippen LogP contribution in [0.2, 0.25) is 0 Å². The summed E-state index contributed by atoms with van der Waals surface area (Å²) in [6.07, 6.45) is 0. The molecule has 0 aromatic heterocycles. The maximum Gasteiger partial charge on any atom is 0.254 e. The summed E-state index contributed by atoms with van der Waals surface area (Å²) in [5.41, 5.74) is 0.197. The molecule has 26 heavy (non-hydrogen) atoms. The highest BCUT2D eigenvalue weighted by molar-refractivity contribution is 7.92. The van der Waals surface area contributed by atoms with Gasteiger partial charge in [-0.15, -0.1) is 9.66 Å². The minimum absolute atomic E-state index is 0.138. The zero-order chi connectivity index (χ0) is 19.4. The van der Waals surface area contributed by atoms with Gasteiger partial charge in [-0.1, -0.05) is 12.1 Å². The fourth-order valence-electron chi connectivity index (χ4n) is 1.99. The van der Waals surface area contributed by atoms with E-state index in [2.05, 4.69) is 0 Å². The summed E-state index contributed by atoms with van der Waals surface area (Å²) in [5, 5.41) is 0. The molecule has 0 unspecified atom stereocenters. The van der Waals surface area contributed by atoms with Crippen LogP contribution in [0, 0.1) is 0 Å². The first-order valence-corrected chi connectivity index (χ1v) is 10.5. The van der Waals surface area contributed by atoms with Gasteiger partial charge in [0.2, 0.25) is 0 Å². The number of sulfonamides is 2. The van der Waals surface area contributed by atoms with E-state index in [0.717, 1.165) is 6.07 Å². The van der Waals surface area contributed by atoms with Crippen LogP contribution in [0.5, 0.6) is 5.75 Å². The number of carbonyl (C=O) groups is 1. The van der Waals surface area contributed by atoms with E-state index in [0.29, 0.717) is 12.4 Å². The highest BCUT2D eigenvalue weighted by Crippen LogP contribution is 2.16. The van der Waals surface area contributed by atoms with Crippen LogP contribution in [0.3, 0.4) is 0 Å². The van der Waals surface area contributed by atoms with Crippen molar-refractivity contribution in [3.63, 3.8) is 0 Å². The van der Waals surface area contributed by atoms with Crippen molar-refractivity contribution in [3.8, 4) is 5.75 Å². The minimum Gasteiger partial charge on any atom is -0.494 e. The molecule has 2 aromatic rings. The van der Waals surface area contributed by atoms with Gasteiger partial charge in [0.05, 0.1) is 16.4 Å². The molecule has 0 saturated carbocycles. The fraction of sp³-hybridized carbons (Fsp3) is 0.188. The van der Waals surface area contributed by atoms with E-state index in [1.165, 1.54) is 49.4 Å². The maximum absolute atomic E-state index is 12.3. The highest BCUT2D eigenvalue weighted by atomic mass is 32.2. The first kappa shape index (κ1) is 20.0. The van der Waals surface area contributed by atoms with Crippen molar-refractivity contribution in [1.82, 2.24) is 9.66 Å². The van der Waals surface area contributed by atoms with Gasteiger partial charge in [0.25, 0.3) is 20.0 Å². The number of Topliss-reactive ketones (excluding diaryl/α,β-unsaturated/α-hetero) is 1. The number of ether oxygens (including phenoxy) is 1. The smallest absolute Gasteiger partial charge is 0.254 e.